The first-order valence-corrected chi connectivity index (χ1v) is 10.9. The van der Waals surface area contributed by atoms with Crippen LogP contribution in [0.5, 0.6) is 0 Å². The molecule has 0 aliphatic heterocycles. The zero-order valence-corrected chi connectivity index (χ0v) is 18.1. The molecule has 1 aromatic heterocycles. The van der Waals surface area contributed by atoms with Crippen molar-refractivity contribution in [1.82, 2.24) is 4.98 Å². The molecule has 3 aromatic rings. The number of benzene rings is 2. The number of nitrogens with zero attached hydrogens (tertiary/aromatic N) is 1. The van der Waals surface area contributed by atoms with E-state index in [1.807, 2.05) is 54.6 Å². The molecule has 2 aromatic carbocycles. The monoisotopic (exact) mass is 422 g/mol. The second-order valence-electron chi connectivity index (χ2n) is 7.43. The molecule has 0 saturated heterocycles. The average Bonchev–Trinajstić information content (AvgIpc) is 3.14. The van der Waals surface area contributed by atoms with Crippen molar-refractivity contribution in [3.8, 4) is 0 Å². The number of ether oxygens (including phenoxy) is 1. The minimum Gasteiger partial charge on any atom is -0.466 e. The number of hydrogen-bond acceptors (Lipinski definition) is 5. The van der Waals surface area contributed by atoms with Gasteiger partial charge in [-0.3, -0.25) is 9.59 Å². The quantitative estimate of drug-likeness (QED) is 0.444. The smallest absolute Gasteiger partial charge is 0.306 e. The van der Waals surface area contributed by atoms with Gasteiger partial charge in [0, 0.05) is 12.1 Å². The van der Waals surface area contributed by atoms with Crippen molar-refractivity contribution in [2.45, 2.75) is 33.1 Å². The normalized spacial score (nSPS) is 11.3. The number of thiazole rings is 1. The van der Waals surface area contributed by atoms with E-state index in [2.05, 4.69) is 30.2 Å². The highest BCUT2D eigenvalue weighted by Gasteiger charge is 2.09. The molecule has 0 fully saturated rings. The number of rotatable bonds is 9. The zero-order chi connectivity index (χ0) is 21.3. The largest absolute Gasteiger partial charge is 0.466 e. The number of para-hydroxylation sites is 1. The molecule has 0 bridgehead atoms. The fourth-order valence-electron chi connectivity index (χ4n) is 2.77. The van der Waals surface area contributed by atoms with E-state index >= 15 is 0 Å². The molecule has 0 spiro atoms. The molecule has 1 N–H and O–H groups in total. The first kappa shape index (κ1) is 21.7. The van der Waals surface area contributed by atoms with Gasteiger partial charge in [-0.25, -0.2) is 4.98 Å². The van der Waals surface area contributed by atoms with Crippen molar-refractivity contribution in [2.24, 2.45) is 5.92 Å². The van der Waals surface area contributed by atoms with Crippen molar-refractivity contribution < 1.29 is 14.3 Å². The Kier molecular flexibility index (Phi) is 7.74. The lowest BCUT2D eigenvalue weighted by molar-refractivity contribution is -0.144. The molecule has 0 atom stereocenters. The van der Waals surface area contributed by atoms with Gasteiger partial charge in [0.15, 0.2) is 0 Å². The molecular formula is C24H26N2O3S. The molecule has 0 aliphatic rings. The third-order valence-corrected chi connectivity index (χ3v) is 5.42. The zero-order valence-electron chi connectivity index (χ0n) is 17.3. The Morgan fingerprint density at radius 1 is 1.10 bits per heavy atom. The first-order chi connectivity index (χ1) is 14.5. The minimum atomic E-state index is -0.335. The summed E-state index contributed by atoms with van der Waals surface area (Å²) in [4.78, 5) is 28.4. The Bertz CT molecular complexity index is 1010. The summed E-state index contributed by atoms with van der Waals surface area (Å²) in [5.74, 6) is -0.0569. The molecule has 6 heteroatoms. The number of aromatic nitrogens is 1. The van der Waals surface area contributed by atoms with Gasteiger partial charge >= 0.3 is 5.97 Å². The lowest BCUT2D eigenvalue weighted by Gasteiger charge is -2.08. The summed E-state index contributed by atoms with van der Waals surface area (Å²) in [7, 11) is 0. The van der Waals surface area contributed by atoms with Crippen molar-refractivity contribution in [1.29, 1.82) is 0 Å². The lowest BCUT2D eigenvalue weighted by Crippen LogP contribution is -2.15. The third-order valence-electron chi connectivity index (χ3n) is 4.41. The van der Waals surface area contributed by atoms with E-state index in [1.54, 1.807) is 11.3 Å². The van der Waals surface area contributed by atoms with Crippen LogP contribution in [0.1, 0.15) is 43.7 Å². The molecule has 1 amide bonds. The van der Waals surface area contributed by atoms with Gasteiger partial charge in [-0.1, -0.05) is 44.2 Å². The van der Waals surface area contributed by atoms with E-state index in [0.29, 0.717) is 18.2 Å². The maximum Gasteiger partial charge on any atom is 0.306 e. The van der Waals surface area contributed by atoms with Crippen LogP contribution in [-0.4, -0.2) is 23.5 Å². The maximum absolute atomic E-state index is 12.1. The van der Waals surface area contributed by atoms with E-state index in [-0.39, 0.29) is 24.7 Å². The molecule has 30 heavy (non-hydrogen) atoms. The molecule has 0 aliphatic carbocycles. The standard InChI is InChI=1S/C24H26N2O3S/c1-17(2)14-15-29-24(28)13-11-22(27)25-19-7-5-6-18(16-19)10-12-23-26-20-8-3-4-9-21(20)30-23/h3-10,12,16-17H,11,13-15H2,1-2H3,(H,25,27)/b12-10+. The predicted octanol–water partition coefficient (Wildman–Crippen LogP) is 5.77. The highest BCUT2D eigenvalue weighted by atomic mass is 32.1. The fourth-order valence-corrected chi connectivity index (χ4v) is 3.64. The van der Waals surface area contributed by atoms with Crippen LogP contribution in [-0.2, 0) is 14.3 Å². The highest BCUT2D eigenvalue weighted by Crippen LogP contribution is 2.23. The minimum absolute atomic E-state index is 0.0845. The van der Waals surface area contributed by atoms with Crippen molar-refractivity contribution in [2.75, 3.05) is 11.9 Å². The second-order valence-corrected chi connectivity index (χ2v) is 8.49. The number of anilines is 1. The van der Waals surface area contributed by atoms with Gasteiger partial charge in [-0.05, 0) is 48.2 Å². The molecule has 0 unspecified atom stereocenters. The molecular weight excluding hydrogens is 396 g/mol. The van der Waals surface area contributed by atoms with Gasteiger partial charge in [0.05, 0.1) is 23.2 Å². The molecule has 1 heterocycles. The topological polar surface area (TPSA) is 68.3 Å². The summed E-state index contributed by atoms with van der Waals surface area (Å²) < 4.78 is 6.29. The number of esters is 1. The lowest BCUT2D eigenvalue weighted by atomic mass is 10.1. The Hall–Kier alpha value is -2.99. The third kappa shape index (κ3) is 6.81. The number of amides is 1. The van der Waals surface area contributed by atoms with Crippen molar-refractivity contribution in [3.05, 3.63) is 59.1 Å². The van der Waals surface area contributed by atoms with Crippen LogP contribution >= 0.6 is 11.3 Å². The molecule has 5 nitrogen and oxygen atoms in total. The van der Waals surface area contributed by atoms with E-state index in [0.717, 1.165) is 27.2 Å². The van der Waals surface area contributed by atoms with Gasteiger partial charge in [0.1, 0.15) is 5.01 Å². The van der Waals surface area contributed by atoms with E-state index in [1.165, 1.54) is 0 Å². The molecule has 0 radical (unpaired) electrons. The highest BCUT2D eigenvalue weighted by molar-refractivity contribution is 7.19. The second kappa shape index (κ2) is 10.7. The molecule has 3 rings (SSSR count). The summed E-state index contributed by atoms with van der Waals surface area (Å²) in [5.41, 5.74) is 2.64. The van der Waals surface area contributed by atoms with Gasteiger partial charge in [0.2, 0.25) is 5.91 Å². The van der Waals surface area contributed by atoms with Gasteiger partial charge in [-0.2, -0.15) is 0 Å². The molecule has 0 saturated carbocycles. The van der Waals surface area contributed by atoms with Crippen LogP contribution in [0, 0.1) is 5.92 Å². The van der Waals surface area contributed by atoms with E-state index < -0.39 is 0 Å². The van der Waals surface area contributed by atoms with Crippen molar-refractivity contribution in [3.63, 3.8) is 0 Å². The summed E-state index contributed by atoms with van der Waals surface area (Å²) >= 11 is 1.64. The van der Waals surface area contributed by atoms with Crippen molar-refractivity contribution >= 4 is 51.3 Å². The summed E-state index contributed by atoms with van der Waals surface area (Å²) in [6, 6.07) is 15.6. The predicted molar refractivity (Wildman–Crippen MR) is 123 cm³/mol. The number of carbonyl (C=O) groups is 2. The number of hydrogen-bond donors (Lipinski definition) is 1. The Balaban J connectivity index is 1.51. The average molecular weight is 423 g/mol. The Morgan fingerprint density at radius 2 is 1.93 bits per heavy atom. The SMILES string of the molecule is CC(C)CCOC(=O)CCC(=O)Nc1cccc(/C=C/c2nc3ccccc3s2)c1. The first-order valence-electron chi connectivity index (χ1n) is 10.1. The van der Waals surface area contributed by atoms with E-state index in [4.69, 9.17) is 4.74 Å². The van der Waals surface area contributed by atoms with Crippen LogP contribution in [0.4, 0.5) is 5.69 Å². The summed E-state index contributed by atoms with van der Waals surface area (Å²) in [6.07, 6.45) is 4.96. The van der Waals surface area contributed by atoms with Crippen LogP contribution in [0.15, 0.2) is 48.5 Å². The van der Waals surface area contributed by atoms with Crippen LogP contribution in [0.2, 0.25) is 0 Å². The Labute approximate surface area is 180 Å². The number of nitrogens with one attached hydrogen (secondary N) is 1. The van der Waals surface area contributed by atoms with Gasteiger partial charge < -0.3 is 10.1 Å². The Morgan fingerprint density at radius 3 is 2.73 bits per heavy atom. The van der Waals surface area contributed by atoms with Crippen LogP contribution in [0.3, 0.4) is 0 Å². The van der Waals surface area contributed by atoms with Crippen LogP contribution in [0.25, 0.3) is 22.4 Å². The van der Waals surface area contributed by atoms with Gasteiger partial charge in [-0.15, -0.1) is 11.3 Å². The summed E-state index contributed by atoms with van der Waals surface area (Å²) in [5, 5.41) is 3.77. The van der Waals surface area contributed by atoms with Crippen LogP contribution < -0.4 is 5.32 Å². The number of fused-ring (bicyclic) bond motifs is 1. The maximum atomic E-state index is 12.1. The number of carbonyl (C=O) groups excluding carboxylic acids is 2. The summed E-state index contributed by atoms with van der Waals surface area (Å²) in [6.45, 7) is 4.55. The fraction of sp³-hybridized carbons (Fsp3) is 0.292. The van der Waals surface area contributed by atoms with Gasteiger partial charge in [0.25, 0.3) is 0 Å². The van der Waals surface area contributed by atoms with E-state index in [9.17, 15) is 9.59 Å². The molecule has 156 valence electrons.